The molecule has 7 heteroatoms. The molecule has 0 fully saturated rings. The van der Waals surface area contributed by atoms with Crippen molar-refractivity contribution in [1.29, 1.82) is 0 Å². The molecule has 3 aromatic rings. The van der Waals surface area contributed by atoms with Crippen molar-refractivity contribution < 1.29 is 19.1 Å². The topological polar surface area (TPSA) is 68.7 Å². The molecule has 1 amide bonds. The van der Waals surface area contributed by atoms with Gasteiger partial charge in [0.1, 0.15) is 17.5 Å². The number of hydrogen-bond donors (Lipinski definition) is 0. The lowest BCUT2D eigenvalue weighted by molar-refractivity contribution is -0.122. The third-order valence-electron chi connectivity index (χ3n) is 4.58. The number of halogens is 1. The number of esters is 1. The second-order valence-corrected chi connectivity index (χ2v) is 6.80. The summed E-state index contributed by atoms with van der Waals surface area (Å²) in [6.07, 6.45) is 1.31. The van der Waals surface area contributed by atoms with Gasteiger partial charge in [-0.05, 0) is 29.8 Å². The highest BCUT2D eigenvalue weighted by molar-refractivity contribution is 6.29. The van der Waals surface area contributed by atoms with Gasteiger partial charge in [0.2, 0.25) is 0 Å². The number of carbonyl (C=O) groups excluding carboxylic acids is 2. The summed E-state index contributed by atoms with van der Waals surface area (Å²) in [7, 11) is 0. The Labute approximate surface area is 172 Å². The average Bonchev–Trinajstić information content (AvgIpc) is 2.77. The van der Waals surface area contributed by atoms with Crippen molar-refractivity contribution in [3.8, 4) is 5.75 Å². The molecular formula is C22H17ClN2O4. The van der Waals surface area contributed by atoms with Crippen molar-refractivity contribution in [2.24, 2.45) is 0 Å². The van der Waals surface area contributed by atoms with Crippen LogP contribution in [-0.4, -0.2) is 30.1 Å². The first-order valence-electron chi connectivity index (χ1n) is 9.01. The Bertz CT molecular complexity index is 1020. The summed E-state index contributed by atoms with van der Waals surface area (Å²) < 4.78 is 11.1. The number of hydrogen-bond acceptors (Lipinski definition) is 5. The van der Waals surface area contributed by atoms with Gasteiger partial charge in [-0.3, -0.25) is 9.69 Å². The number of amides is 1. The molecule has 1 atom stereocenters. The third kappa shape index (κ3) is 4.07. The summed E-state index contributed by atoms with van der Waals surface area (Å²) in [6.45, 7) is -0.0963. The Balaban J connectivity index is 1.56. The molecule has 1 aromatic heterocycles. The molecule has 0 bridgehead atoms. The zero-order valence-corrected chi connectivity index (χ0v) is 16.1. The van der Waals surface area contributed by atoms with Crippen molar-refractivity contribution in [2.45, 2.75) is 6.04 Å². The third-order valence-corrected chi connectivity index (χ3v) is 4.80. The van der Waals surface area contributed by atoms with E-state index < -0.39 is 12.6 Å². The summed E-state index contributed by atoms with van der Waals surface area (Å²) in [4.78, 5) is 30.8. The minimum absolute atomic E-state index is 0.226. The van der Waals surface area contributed by atoms with Gasteiger partial charge in [-0.2, -0.15) is 0 Å². The van der Waals surface area contributed by atoms with Crippen molar-refractivity contribution in [1.82, 2.24) is 4.98 Å². The quantitative estimate of drug-likeness (QED) is 0.481. The number of benzene rings is 2. The van der Waals surface area contributed by atoms with E-state index in [-0.39, 0.29) is 22.7 Å². The summed E-state index contributed by atoms with van der Waals surface area (Å²) in [5.41, 5.74) is 1.80. The molecule has 0 spiro atoms. The lowest BCUT2D eigenvalue weighted by Gasteiger charge is -2.37. The average molecular weight is 409 g/mol. The lowest BCUT2D eigenvalue weighted by Crippen LogP contribution is -2.43. The maximum atomic E-state index is 13.1. The maximum absolute atomic E-state index is 13.1. The van der Waals surface area contributed by atoms with E-state index >= 15 is 0 Å². The van der Waals surface area contributed by atoms with E-state index in [1.54, 1.807) is 4.90 Å². The van der Waals surface area contributed by atoms with Crippen molar-refractivity contribution in [3.05, 3.63) is 89.2 Å². The van der Waals surface area contributed by atoms with Crippen molar-refractivity contribution >= 4 is 29.2 Å². The summed E-state index contributed by atoms with van der Waals surface area (Å²) in [6, 6.07) is 19.6. The van der Waals surface area contributed by atoms with Gasteiger partial charge in [-0.25, -0.2) is 9.78 Å². The molecule has 146 valence electrons. The molecule has 29 heavy (non-hydrogen) atoms. The number of carbonyl (C=O) groups is 2. The van der Waals surface area contributed by atoms with E-state index in [9.17, 15) is 9.59 Å². The van der Waals surface area contributed by atoms with Crippen LogP contribution in [0.3, 0.4) is 0 Å². The smallest absolute Gasteiger partial charge is 0.340 e. The molecule has 2 aromatic carbocycles. The zero-order valence-electron chi connectivity index (χ0n) is 15.3. The van der Waals surface area contributed by atoms with E-state index in [2.05, 4.69) is 4.98 Å². The number of para-hydroxylation sites is 2. The molecule has 1 aliphatic heterocycles. The van der Waals surface area contributed by atoms with E-state index in [1.807, 2.05) is 54.6 Å². The van der Waals surface area contributed by atoms with E-state index in [0.717, 1.165) is 5.56 Å². The fourth-order valence-corrected chi connectivity index (χ4v) is 3.31. The minimum atomic E-state index is -0.639. The first-order valence-corrected chi connectivity index (χ1v) is 9.39. The van der Waals surface area contributed by atoms with Crippen LogP contribution in [0.4, 0.5) is 5.69 Å². The highest BCUT2D eigenvalue weighted by Crippen LogP contribution is 2.39. The summed E-state index contributed by atoms with van der Waals surface area (Å²) >= 11 is 5.73. The standard InChI is InChI=1S/C22H17ClN2O4/c23-20-11-10-16(12-24-20)22(27)29-14-21(26)25-17-8-4-5-9-19(17)28-13-18(25)15-6-2-1-3-7-15/h1-12,18H,13-14H2/t18-/m1/s1. The fraction of sp³-hybridized carbons (Fsp3) is 0.136. The van der Waals surface area contributed by atoms with Gasteiger partial charge >= 0.3 is 5.97 Å². The normalized spacial score (nSPS) is 15.2. The molecule has 0 aliphatic carbocycles. The molecular weight excluding hydrogens is 392 g/mol. The predicted octanol–water partition coefficient (Wildman–Crippen LogP) is 4.06. The van der Waals surface area contributed by atoms with Crippen LogP contribution >= 0.6 is 11.6 Å². The molecule has 0 radical (unpaired) electrons. The predicted molar refractivity (Wildman–Crippen MR) is 108 cm³/mol. The van der Waals surface area contributed by atoms with Gasteiger partial charge in [0.05, 0.1) is 17.3 Å². The maximum Gasteiger partial charge on any atom is 0.340 e. The monoisotopic (exact) mass is 408 g/mol. The molecule has 0 N–H and O–H groups in total. The van der Waals surface area contributed by atoms with Crippen LogP contribution in [0.1, 0.15) is 22.0 Å². The van der Waals surface area contributed by atoms with Gasteiger partial charge in [0.25, 0.3) is 5.91 Å². The molecule has 6 nitrogen and oxygen atoms in total. The molecule has 1 aliphatic rings. The number of fused-ring (bicyclic) bond motifs is 1. The SMILES string of the molecule is O=C(OCC(=O)N1c2ccccc2OC[C@@H]1c1ccccc1)c1ccc(Cl)nc1. The zero-order chi connectivity index (χ0) is 20.2. The van der Waals surface area contributed by atoms with E-state index in [1.165, 1.54) is 18.3 Å². The Morgan fingerprint density at radius 1 is 1.07 bits per heavy atom. The largest absolute Gasteiger partial charge is 0.489 e. The number of aromatic nitrogens is 1. The van der Waals surface area contributed by atoms with Crippen LogP contribution in [-0.2, 0) is 9.53 Å². The minimum Gasteiger partial charge on any atom is -0.489 e. The van der Waals surface area contributed by atoms with Crippen LogP contribution in [0, 0.1) is 0 Å². The van der Waals surface area contributed by atoms with Crippen LogP contribution in [0.15, 0.2) is 72.9 Å². The summed E-state index contributed by atoms with van der Waals surface area (Å²) in [5, 5.41) is 0.272. The Kier molecular flexibility index (Phi) is 5.44. The molecule has 0 unspecified atom stereocenters. The second-order valence-electron chi connectivity index (χ2n) is 6.41. The number of anilines is 1. The highest BCUT2D eigenvalue weighted by Gasteiger charge is 2.33. The molecule has 2 heterocycles. The van der Waals surface area contributed by atoms with Crippen LogP contribution in [0.2, 0.25) is 5.15 Å². The van der Waals surface area contributed by atoms with Crippen LogP contribution in [0.5, 0.6) is 5.75 Å². The number of rotatable bonds is 4. The van der Waals surface area contributed by atoms with Crippen molar-refractivity contribution in [3.63, 3.8) is 0 Å². The van der Waals surface area contributed by atoms with Crippen molar-refractivity contribution in [2.75, 3.05) is 18.1 Å². The van der Waals surface area contributed by atoms with Crippen LogP contribution in [0.25, 0.3) is 0 Å². The van der Waals surface area contributed by atoms with Gasteiger partial charge in [-0.15, -0.1) is 0 Å². The van der Waals surface area contributed by atoms with Crippen LogP contribution < -0.4 is 9.64 Å². The second kappa shape index (κ2) is 8.32. The van der Waals surface area contributed by atoms with Gasteiger partial charge in [-0.1, -0.05) is 54.1 Å². The number of ether oxygens (including phenoxy) is 2. The Morgan fingerprint density at radius 3 is 2.59 bits per heavy atom. The molecule has 0 saturated heterocycles. The van der Waals surface area contributed by atoms with Gasteiger partial charge in [0, 0.05) is 6.20 Å². The van der Waals surface area contributed by atoms with E-state index in [4.69, 9.17) is 21.1 Å². The number of nitrogens with zero attached hydrogens (tertiary/aromatic N) is 2. The Morgan fingerprint density at radius 2 is 1.83 bits per heavy atom. The van der Waals surface area contributed by atoms with E-state index in [0.29, 0.717) is 18.0 Å². The molecule has 4 rings (SSSR count). The fourth-order valence-electron chi connectivity index (χ4n) is 3.19. The Hall–Kier alpha value is -3.38. The first kappa shape index (κ1) is 19.0. The first-order chi connectivity index (χ1) is 14.1. The lowest BCUT2D eigenvalue weighted by atomic mass is 10.0. The van der Waals surface area contributed by atoms with Gasteiger partial charge in [0.15, 0.2) is 6.61 Å². The molecule has 0 saturated carbocycles. The highest BCUT2D eigenvalue weighted by atomic mass is 35.5. The summed E-state index contributed by atoms with van der Waals surface area (Å²) in [5.74, 6) is -0.369. The number of pyridine rings is 1. The van der Waals surface area contributed by atoms with Gasteiger partial charge < -0.3 is 9.47 Å².